The zero-order chi connectivity index (χ0) is 9.84. The zero-order valence-electron chi connectivity index (χ0n) is 8.41. The van der Waals surface area contributed by atoms with Gasteiger partial charge >= 0.3 is 0 Å². The highest BCUT2D eigenvalue weighted by Crippen LogP contribution is 2.18. The summed E-state index contributed by atoms with van der Waals surface area (Å²) in [5, 5.41) is 9.45. The van der Waals surface area contributed by atoms with Crippen LogP contribution in [0.2, 0.25) is 0 Å². The topological polar surface area (TPSA) is 46.0 Å². The Labute approximate surface area is 78.9 Å². The molecule has 0 unspecified atom stereocenters. The summed E-state index contributed by atoms with van der Waals surface area (Å²) in [6.45, 7) is 6.23. The Kier molecular flexibility index (Phi) is 3.23. The van der Waals surface area contributed by atoms with Crippen LogP contribution < -0.4 is 0 Å². The van der Waals surface area contributed by atoms with E-state index in [2.05, 4.69) is 23.8 Å². The van der Waals surface area contributed by atoms with Crippen molar-refractivity contribution in [2.75, 3.05) is 0 Å². The van der Waals surface area contributed by atoms with Crippen molar-refractivity contribution in [3.8, 4) is 5.88 Å². The van der Waals surface area contributed by atoms with Crippen molar-refractivity contribution in [3.63, 3.8) is 0 Å². The molecule has 0 aliphatic carbocycles. The lowest BCUT2D eigenvalue weighted by molar-refractivity contribution is 0.439. The molecule has 3 heteroatoms. The molecule has 0 saturated carbocycles. The highest BCUT2D eigenvalue weighted by molar-refractivity contribution is 5.27. The summed E-state index contributed by atoms with van der Waals surface area (Å²) >= 11 is 0. The first-order valence-corrected chi connectivity index (χ1v) is 4.60. The molecule has 0 saturated heterocycles. The van der Waals surface area contributed by atoms with Crippen molar-refractivity contribution in [2.24, 2.45) is 5.92 Å². The van der Waals surface area contributed by atoms with Gasteiger partial charge in [0, 0.05) is 11.3 Å². The first-order chi connectivity index (χ1) is 6.11. The van der Waals surface area contributed by atoms with E-state index in [0.29, 0.717) is 5.92 Å². The van der Waals surface area contributed by atoms with Gasteiger partial charge in [0.05, 0.1) is 0 Å². The standard InChI is InChI=1S/C10H16N2O/c1-7(2)4-5-9-8(3)11-6-12-10(9)13/h6-7H,4-5H2,1-3H3,(H,11,12,13). The molecule has 0 bridgehead atoms. The molecule has 72 valence electrons. The maximum absolute atomic E-state index is 9.45. The van der Waals surface area contributed by atoms with Gasteiger partial charge in [-0.15, -0.1) is 0 Å². The third kappa shape index (κ3) is 2.68. The summed E-state index contributed by atoms with van der Waals surface area (Å²) < 4.78 is 0. The third-order valence-corrected chi connectivity index (χ3v) is 2.11. The Hall–Kier alpha value is -1.12. The highest BCUT2D eigenvalue weighted by Gasteiger charge is 2.07. The van der Waals surface area contributed by atoms with E-state index in [9.17, 15) is 5.11 Å². The normalized spacial score (nSPS) is 10.8. The second kappa shape index (κ2) is 4.21. The molecule has 0 fully saturated rings. The summed E-state index contributed by atoms with van der Waals surface area (Å²) in [6, 6.07) is 0. The average Bonchev–Trinajstić information content (AvgIpc) is 2.03. The van der Waals surface area contributed by atoms with E-state index in [1.54, 1.807) is 0 Å². The average molecular weight is 180 g/mol. The van der Waals surface area contributed by atoms with Crippen LogP contribution in [0.5, 0.6) is 5.88 Å². The summed E-state index contributed by atoms with van der Waals surface area (Å²) in [5.74, 6) is 0.771. The number of aryl methyl sites for hydroxylation is 1. The van der Waals surface area contributed by atoms with Crippen molar-refractivity contribution < 1.29 is 5.11 Å². The fraction of sp³-hybridized carbons (Fsp3) is 0.600. The van der Waals surface area contributed by atoms with Crippen LogP contribution in [0.15, 0.2) is 6.33 Å². The molecule has 3 nitrogen and oxygen atoms in total. The van der Waals surface area contributed by atoms with E-state index >= 15 is 0 Å². The number of aromatic nitrogens is 2. The molecular weight excluding hydrogens is 164 g/mol. The zero-order valence-corrected chi connectivity index (χ0v) is 8.41. The van der Waals surface area contributed by atoms with Crippen molar-refractivity contribution in [1.29, 1.82) is 0 Å². The Morgan fingerprint density at radius 2 is 2.08 bits per heavy atom. The number of aromatic hydroxyl groups is 1. The van der Waals surface area contributed by atoms with Crippen LogP contribution in [0, 0.1) is 12.8 Å². The molecule has 0 aromatic carbocycles. The predicted molar refractivity (Wildman–Crippen MR) is 51.6 cm³/mol. The second-order valence-corrected chi connectivity index (χ2v) is 3.69. The van der Waals surface area contributed by atoms with Gasteiger partial charge in [0.2, 0.25) is 5.88 Å². The fourth-order valence-electron chi connectivity index (χ4n) is 1.21. The Morgan fingerprint density at radius 3 is 2.62 bits per heavy atom. The lowest BCUT2D eigenvalue weighted by Crippen LogP contribution is -1.98. The van der Waals surface area contributed by atoms with E-state index in [1.807, 2.05) is 6.92 Å². The van der Waals surface area contributed by atoms with Gasteiger partial charge in [-0.1, -0.05) is 13.8 Å². The van der Waals surface area contributed by atoms with Crippen LogP contribution in [-0.2, 0) is 6.42 Å². The summed E-state index contributed by atoms with van der Waals surface area (Å²) in [4.78, 5) is 7.81. The molecule has 0 atom stereocenters. The summed E-state index contributed by atoms with van der Waals surface area (Å²) in [6.07, 6.45) is 3.31. The van der Waals surface area contributed by atoms with Crippen molar-refractivity contribution in [1.82, 2.24) is 9.97 Å². The maximum Gasteiger partial charge on any atom is 0.217 e. The van der Waals surface area contributed by atoms with Gasteiger partial charge in [-0.2, -0.15) is 0 Å². The van der Waals surface area contributed by atoms with Gasteiger partial charge in [0.25, 0.3) is 0 Å². The van der Waals surface area contributed by atoms with Crippen LogP contribution in [0.25, 0.3) is 0 Å². The minimum atomic E-state index is 0.133. The van der Waals surface area contributed by atoms with Crippen molar-refractivity contribution >= 4 is 0 Å². The van der Waals surface area contributed by atoms with Gasteiger partial charge in [0.1, 0.15) is 6.33 Å². The number of hydrogen-bond donors (Lipinski definition) is 1. The van der Waals surface area contributed by atoms with Gasteiger partial charge < -0.3 is 5.11 Å². The maximum atomic E-state index is 9.45. The minimum Gasteiger partial charge on any atom is -0.493 e. The molecule has 1 aromatic heterocycles. The number of rotatable bonds is 3. The first-order valence-electron chi connectivity index (χ1n) is 4.60. The first kappa shape index (κ1) is 9.96. The molecule has 13 heavy (non-hydrogen) atoms. The van der Waals surface area contributed by atoms with Crippen molar-refractivity contribution in [3.05, 3.63) is 17.6 Å². The highest BCUT2D eigenvalue weighted by atomic mass is 16.3. The lowest BCUT2D eigenvalue weighted by Gasteiger charge is -2.07. The largest absolute Gasteiger partial charge is 0.493 e. The molecule has 0 amide bonds. The number of nitrogens with zero attached hydrogens (tertiary/aromatic N) is 2. The van der Waals surface area contributed by atoms with Gasteiger partial charge in [-0.05, 0) is 25.7 Å². The minimum absolute atomic E-state index is 0.133. The van der Waals surface area contributed by atoms with Gasteiger partial charge in [0.15, 0.2) is 0 Å². The van der Waals surface area contributed by atoms with Crippen LogP contribution >= 0.6 is 0 Å². The third-order valence-electron chi connectivity index (χ3n) is 2.11. The van der Waals surface area contributed by atoms with Crippen molar-refractivity contribution in [2.45, 2.75) is 33.6 Å². The van der Waals surface area contributed by atoms with Crippen LogP contribution in [0.4, 0.5) is 0 Å². The molecule has 1 heterocycles. The van der Waals surface area contributed by atoms with Crippen LogP contribution in [0.1, 0.15) is 31.5 Å². The van der Waals surface area contributed by atoms with E-state index in [4.69, 9.17) is 0 Å². The predicted octanol–water partition coefficient (Wildman–Crippen LogP) is 2.08. The van der Waals surface area contributed by atoms with E-state index in [1.165, 1.54) is 6.33 Å². The lowest BCUT2D eigenvalue weighted by atomic mass is 10.0. The molecule has 1 rings (SSSR count). The smallest absolute Gasteiger partial charge is 0.217 e. The molecule has 1 aromatic rings. The van der Waals surface area contributed by atoms with Gasteiger partial charge in [-0.3, -0.25) is 0 Å². The molecule has 0 aliphatic heterocycles. The number of hydrogen-bond acceptors (Lipinski definition) is 3. The van der Waals surface area contributed by atoms with E-state index < -0.39 is 0 Å². The second-order valence-electron chi connectivity index (χ2n) is 3.69. The molecule has 0 aliphatic rings. The van der Waals surface area contributed by atoms with Crippen LogP contribution in [0.3, 0.4) is 0 Å². The molecule has 0 radical (unpaired) electrons. The molecule has 0 spiro atoms. The fourth-order valence-corrected chi connectivity index (χ4v) is 1.21. The quantitative estimate of drug-likeness (QED) is 0.774. The Balaban J connectivity index is 2.75. The monoisotopic (exact) mass is 180 g/mol. The Morgan fingerprint density at radius 1 is 1.38 bits per heavy atom. The molecular formula is C10H16N2O. The van der Waals surface area contributed by atoms with Crippen LogP contribution in [-0.4, -0.2) is 15.1 Å². The van der Waals surface area contributed by atoms with Gasteiger partial charge in [-0.25, -0.2) is 9.97 Å². The van der Waals surface area contributed by atoms with E-state index in [-0.39, 0.29) is 5.88 Å². The Bertz CT molecular complexity index is 264. The van der Waals surface area contributed by atoms with E-state index in [0.717, 1.165) is 24.1 Å². The summed E-state index contributed by atoms with van der Waals surface area (Å²) in [5.41, 5.74) is 1.77. The SMILES string of the molecule is Cc1ncnc(O)c1CCC(C)C. The molecule has 1 N–H and O–H groups in total. The summed E-state index contributed by atoms with van der Waals surface area (Å²) in [7, 11) is 0.